The summed E-state index contributed by atoms with van der Waals surface area (Å²) >= 11 is 0. The molecule has 1 aliphatic carbocycles. The van der Waals surface area contributed by atoms with E-state index in [2.05, 4.69) is 11.8 Å². The minimum absolute atomic E-state index is 0.478. The average Bonchev–Trinajstić information content (AvgIpc) is 2.79. The fourth-order valence-corrected chi connectivity index (χ4v) is 3.67. The van der Waals surface area contributed by atoms with Crippen molar-refractivity contribution in [2.24, 2.45) is 11.7 Å². The fourth-order valence-electron chi connectivity index (χ4n) is 3.67. The van der Waals surface area contributed by atoms with Crippen LogP contribution in [0.15, 0.2) is 0 Å². The quantitative estimate of drug-likeness (QED) is 0.766. The number of nitrogens with zero attached hydrogens (tertiary/aromatic N) is 1. The van der Waals surface area contributed by atoms with Crippen LogP contribution in [-0.4, -0.2) is 43.3 Å². The van der Waals surface area contributed by atoms with Crippen LogP contribution in [0.5, 0.6) is 0 Å². The molecule has 0 aromatic rings. The third kappa shape index (κ3) is 3.69. The maximum atomic E-state index is 6.01. The van der Waals surface area contributed by atoms with Crippen molar-refractivity contribution in [3.05, 3.63) is 0 Å². The summed E-state index contributed by atoms with van der Waals surface area (Å²) in [5, 5.41) is 0. The number of hydrogen-bond acceptors (Lipinski definition) is 3. The molecule has 18 heavy (non-hydrogen) atoms. The molecule has 3 nitrogen and oxygen atoms in total. The molecule has 0 bridgehead atoms. The Morgan fingerprint density at radius 3 is 2.61 bits per heavy atom. The number of hydrogen-bond donors (Lipinski definition) is 1. The average molecular weight is 254 g/mol. The summed E-state index contributed by atoms with van der Waals surface area (Å²) in [5.41, 5.74) is 6.01. The Labute approximate surface area is 112 Å². The summed E-state index contributed by atoms with van der Waals surface area (Å²) in [4.78, 5) is 2.65. The van der Waals surface area contributed by atoms with Gasteiger partial charge in [-0.3, -0.25) is 4.90 Å². The predicted molar refractivity (Wildman–Crippen MR) is 75.6 cm³/mol. The fraction of sp³-hybridized carbons (Fsp3) is 1.00. The van der Waals surface area contributed by atoms with E-state index in [1.165, 1.54) is 44.9 Å². The van der Waals surface area contributed by atoms with Crippen molar-refractivity contribution in [3.8, 4) is 0 Å². The smallest absolute Gasteiger partial charge is 0.0702 e. The third-order valence-corrected chi connectivity index (χ3v) is 4.76. The zero-order chi connectivity index (χ0) is 12.8. The van der Waals surface area contributed by atoms with E-state index in [9.17, 15) is 0 Å². The van der Waals surface area contributed by atoms with Gasteiger partial charge in [0.2, 0.25) is 0 Å². The maximum absolute atomic E-state index is 6.01. The van der Waals surface area contributed by atoms with Gasteiger partial charge in [-0.2, -0.15) is 0 Å². The summed E-state index contributed by atoms with van der Waals surface area (Å²) in [6.07, 6.45) is 9.77. The summed E-state index contributed by atoms with van der Waals surface area (Å²) in [6, 6.07) is 0.701. The Balaban J connectivity index is 1.94. The van der Waals surface area contributed by atoms with Crippen LogP contribution in [0.4, 0.5) is 0 Å². The van der Waals surface area contributed by atoms with Crippen LogP contribution in [0, 0.1) is 5.92 Å². The Kier molecular flexibility index (Phi) is 5.93. The van der Waals surface area contributed by atoms with Crippen molar-refractivity contribution in [3.63, 3.8) is 0 Å². The van der Waals surface area contributed by atoms with Gasteiger partial charge in [0.05, 0.1) is 6.10 Å². The first-order valence-corrected chi connectivity index (χ1v) is 7.90. The molecule has 1 aliphatic heterocycles. The van der Waals surface area contributed by atoms with Gasteiger partial charge in [-0.1, -0.05) is 26.2 Å². The van der Waals surface area contributed by atoms with Crippen LogP contribution in [0.3, 0.4) is 0 Å². The van der Waals surface area contributed by atoms with Gasteiger partial charge in [0.1, 0.15) is 0 Å². The zero-order valence-corrected chi connectivity index (χ0v) is 11.9. The van der Waals surface area contributed by atoms with E-state index >= 15 is 0 Å². The molecule has 0 amide bonds. The highest BCUT2D eigenvalue weighted by atomic mass is 16.5. The number of nitrogens with two attached hydrogens (primary N) is 1. The van der Waals surface area contributed by atoms with Gasteiger partial charge < -0.3 is 10.5 Å². The van der Waals surface area contributed by atoms with Crippen molar-refractivity contribution in [1.29, 1.82) is 0 Å². The molecular weight excluding hydrogens is 224 g/mol. The van der Waals surface area contributed by atoms with Gasteiger partial charge in [-0.15, -0.1) is 0 Å². The van der Waals surface area contributed by atoms with Crippen LogP contribution in [0.1, 0.15) is 51.9 Å². The maximum Gasteiger partial charge on any atom is 0.0702 e. The standard InChI is InChI=1S/C15H30N2O/c1-2-17(12-14-8-6-10-18-14)15-9-5-3-4-7-13(15)11-16/h13-15H,2-12,16H2,1H3. The molecule has 2 fully saturated rings. The molecule has 0 spiro atoms. The predicted octanol–water partition coefficient (Wildman–Crippen LogP) is 2.39. The lowest BCUT2D eigenvalue weighted by atomic mass is 9.93. The molecule has 1 saturated heterocycles. The van der Waals surface area contributed by atoms with Gasteiger partial charge >= 0.3 is 0 Å². The second-order valence-electron chi connectivity index (χ2n) is 5.92. The van der Waals surface area contributed by atoms with E-state index in [-0.39, 0.29) is 0 Å². The molecule has 2 aliphatic rings. The van der Waals surface area contributed by atoms with Gasteiger partial charge in [0.15, 0.2) is 0 Å². The van der Waals surface area contributed by atoms with Crippen LogP contribution < -0.4 is 5.73 Å². The topological polar surface area (TPSA) is 38.5 Å². The summed E-state index contributed by atoms with van der Waals surface area (Å²) < 4.78 is 5.80. The molecule has 2 N–H and O–H groups in total. The summed E-state index contributed by atoms with van der Waals surface area (Å²) in [5.74, 6) is 0.703. The largest absolute Gasteiger partial charge is 0.377 e. The third-order valence-electron chi connectivity index (χ3n) is 4.76. The van der Waals surface area contributed by atoms with Crippen molar-refractivity contribution in [2.45, 2.75) is 64.0 Å². The van der Waals surface area contributed by atoms with Crippen molar-refractivity contribution in [1.82, 2.24) is 4.90 Å². The molecule has 0 aromatic carbocycles. The molecule has 0 aromatic heterocycles. The molecule has 1 saturated carbocycles. The minimum Gasteiger partial charge on any atom is -0.377 e. The van der Waals surface area contributed by atoms with E-state index in [1.807, 2.05) is 0 Å². The van der Waals surface area contributed by atoms with Crippen LogP contribution in [0.25, 0.3) is 0 Å². The van der Waals surface area contributed by atoms with Gasteiger partial charge in [-0.05, 0) is 44.7 Å². The highest BCUT2D eigenvalue weighted by Gasteiger charge is 2.29. The van der Waals surface area contributed by atoms with Crippen LogP contribution >= 0.6 is 0 Å². The van der Waals surface area contributed by atoms with E-state index in [0.29, 0.717) is 18.1 Å². The van der Waals surface area contributed by atoms with Crippen LogP contribution in [0.2, 0.25) is 0 Å². The van der Waals surface area contributed by atoms with Gasteiger partial charge in [0.25, 0.3) is 0 Å². The van der Waals surface area contributed by atoms with E-state index in [4.69, 9.17) is 10.5 Å². The lowest BCUT2D eigenvalue weighted by Crippen LogP contribution is -2.46. The first kappa shape index (κ1) is 14.3. The monoisotopic (exact) mass is 254 g/mol. The SMILES string of the molecule is CCN(CC1CCCO1)C1CCCCCC1CN. The highest BCUT2D eigenvalue weighted by molar-refractivity contribution is 4.84. The Morgan fingerprint density at radius 2 is 1.94 bits per heavy atom. The van der Waals surface area contributed by atoms with Gasteiger partial charge in [0, 0.05) is 19.2 Å². The summed E-state index contributed by atoms with van der Waals surface area (Å²) in [7, 11) is 0. The first-order valence-electron chi connectivity index (χ1n) is 7.90. The molecule has 0 radical (unpaired) electrons. The highest BCUT2D eigenvalue weighted by Crippen LogP contribution is 2.28. The first-order chi connectivity index (χ1) is 8.85. The van der Waals surface area contributed by atoms with E-state index in [1.54, 1.807) is 0 Å². The lowest BCUT2D eigenvalue weighted by Gasteiger charge is -2.36. The molecule has 3 unspecified atom stereocenters. The van der Waals surface area contributed by atoms with Crippen molar-refractivity contribution < 1.29 is 4.74 Å². The molecule has 3 heteroatoms. The zero-order valence-electron chi connectivity index (χ0n) is 11.9. The number of likely N-dealkylation sites (N-methyl/N-ethyl adjacent to an activating group) is 1. The Hall–Kier alpha value is -0.120. The lowest BCUT2D eigenvalue weighted by molar-refractivity contribution is 0.0445. The number of rotatable bonds is 5. The molecule has 106 valence electrons. The second-order valence-corrected chi connectivity index (χ2v) is 5.92. The van der Waals surface area contributed by atoms with Crippen molar-refractivity contribution >= 4 is 0 Å². The molecule has 3 atom stereocenters. The summed E-state index contributed by atoms with van der Waals surface area (Å²) in [6.45, 7) is 6.37. The molecule has 1 heterocycles. The normalized spacial score (nSPS) is 33.8. The molecule has 2 rings (SSSR count). The van der Waals surface area contributed by atoms with E-state index < -0.39 is 0 Å². The molecular formula is C15H30N2O. The second kappa shape index (κ2) is 7.46. The Bertz CT molecular complexity index is 229. The van der Waals surface area contributed by atoms with E-state index in [0.717, 1.165) is 26.2 Å². The minimum atomic E-state index is 0.478. The Morgan fingerprint density at radius 1 is 1.11 bits per heavy atom. The van der Waals surface area contributed by atoms with Crippen LogP contribution in [-0.2, 0) is 4.74 Å². The van der Waals surface area contributed by atoms with Crippen molar-refractivity contribution in [2.75, 3.05) is 26.2 Å². The van der Waals surface area contributed by atoms with Gasteiger partial charge in [-0.25, -0.2) is 0 Å². The number of ether oxygens (including phenoxy) is 1.